The highest BCUT2D eigenvalue weighted by molar-refractivity contribution is 5.16. The molecule has 1 fully saturated rings. The third kappa shape index (κ3) is 4.90. The Balaban J connectivity index is 1.61. The Hall–Kier alpha value is -0.970. The standard InChI is InChI=1S/C15H22FNO2/c16-15-8-4-1-5-12(15)10-19-11-14(18)9-17-13-6-2-3-7-13/h1,4-5,8,13-14,17-18H,2-3,6-7,9-11H2. The lowest BCUT2D eigenvalue weighted by atomic mass is 10.2. The van der Waals surface area contributed by atoms with Crippen LogP contribution in [0.15, 0.2) is 24.3 Å². The number of benzene rings is 1. The Morgan fingerprint density at radius 2 is 2.05 bits per heavy atom. The lowest BCUT2D eigenvalue weighted by Gasteiger charge is -2.16. The first-order valence-corrected chi connectivity index (χ1v) is 6.98. The minimum atomic E-state index is -0.535. The lowest BCUT2D eigenvalue weighted by Crippen LogP contribution is -2.36. The van der Waals surface area contributed by atoms with E-state index in [0.29, 0.717) is 18.2 Å². The summed E-state index contributed by atoms with van der Waals surface area (Å²) in [5.74, 6) is -0.263. The summed E-state index contributed by atoms with van der Waals surface area (Å²) in [4.78, 5) is 0. The van der Waals surface area contributed by atoms with Gasteiger partial charge in [-0.1, -0.05) is 31.0 Å². The highest BCUT2D eigenvalue weighted by Gasteiger charge is 2.15. The maximum absolute atomic E-state index is 13.3. The molecule has 0 saturated heterocycles. The van der Waals surface area contributed by atoms with Crippen LogP contribution in [-0.2, 0) is 11.3 Å². The zero-order valence-corrected chi connectivity index (χ0v) is 11.1. The van der Waals surface area contributed by atoms with Gasteiger partial charge in [-0.2, -0.15) is 0 Å². The van der Waals surface area contributed by atoms with Crippen molar-refractivity contribution in [2.75, 3.05) is 13.2 Å². The molecule has 19 heavy (non-hydrogen) atoms. The fraction of sp³-hybridized carbons (Fsp3) is 0.600. The van der Waals surface area contributed by atoms with Gasteiger partial charge in [0.05, 0.1) is 19.3 Å². The molecule has 106 valence electrons. The molecule has 1 atom stereocenters. The van der Waals surface area contributed by atoms with Gasteiger partial charge in [-0.25, -0.2) is 4.39 Å². The topological polar surface area (TPSA) is 41.5 Å². The van der Waals surface area contributed by atoms with Gasteiger partial charge in [-0.05, 0) is 18.9 Å². The molecular formula is C15H22FNO2. The lowest BCUT2D eigenvalue weighted by molar-refractivity contribution is 0.0267. The van der Waals surface area contributed by atoms with Crippen molar-refractivity contribution >= 4 is 0 Å². The molecule has 0 aromatic heterocycles. The Labute approximate surface area is 113 Å². The molecule has 4 heteroatoms. The molecular weight excluding hydrogens is 245 g/mol. The van der Waals surface area contributed by atoms with Gasteiger partial charge in [0.15, 0.2) is 0 Å². The number of halogens is 1. The van der Waals surface area contributed by atoms with Crippen molar-refractivity contribution < 1.29 is 14.2 Å². The van der Waals surface area contributed by atoms with Gasteiger partial charge in [-0.15, -0.1) is 0 Å². The van der Waals surface area contributed by atoms with E-state index in [9.17, 15) is 9.50 Å². The van der Waals surface area contributed by atoms with Gasteiger partial charge in [-0.3, -0.25) is 0 Å². The third-order valence-corrected chi connectivity index (χ3v) is 3.52. The van der Waals surface area contributed by atoms with Crippen molar-refractivity contribution in [2.45, 2.75) is 44.4 Å². The minimum Gasteiger partial charge on any atom is -0.389 e. The maximum atomic E-state index is 13.3. The second-order valence-electron chi connectivity index (χ2n) is 5.15. The normalized spacial score (nSPS) is 17.8. The molecule has 0 radical (unpaired) electrons. The van der Waals surface area contributed by atoms with Crippen LogP contribution >= 0.6 is 0 Å². The SMILES string of the molecule is OC(CNC1CCCC1)COCc1ccccc1F. The summed E-state index contributed by atoms with van der Waals surface area (Å²) in [6.45, 7) is 0.975. The molecule has 2 rings (SSSR count). The number of rotatable bonds is 7. The second kappa shape index (κ2) is 7.58. The molecule has 1 aliphatic carbocycles. The minimum absolute atomic E-state index is 0.202. The van der Waals surface area contributed by atoms with Crippen molar-refractivity contribution in [2.24, 2.45) is 0 Å². The van der Waals surface area contributed by atoms with Gasteiger partial charge in [0.2, 0.25) is 0 Å². The zero-order chi connectivity index (χ0) is 13.5. The predicted molar refractivity (Wildman–Crippen MR) is 72.3 cm³/mol. The first-order valence-electron chi connectivity index (χ1n) is 6.98. The van der Waals surface area contributed by atoms with Crippen molar-refractivity contribution in [1.29, 1.82) is 0 Å². The van der Waals surface area contributed by atoms with Gasteiger partial charge >= 0.3 is 0 Å². The first kappa shape index (κ1) is 14.4. The summed E-state index contributed by atoms with van der Waals surface area (Å²) in [7, 11) is 0. The average Bonchev–Trinajstić information content (AvgIpc) is 2.92. The molecule has 1 aromatic rings. The van der Waals surface area contributed by atoms with Gasteiger partial charge in [0, 0.05) is 18.2 Å². The smallest absolute Gasteiger partial charge is 0.128 e. The van der Waals surface area contributed by atoms with E-state index >= 15 is 0 Å². The van der Waals surface area contributed by atoms with E-state index in [2.05, 4.69) is 5.32 Å². The quantitative estimate of drug-likeness (QED) is 0.796. The number of nitrogens with one attached hydrogen (secondary N) is 1. The molecule has 0 heterocycles. The van der Waals surface area contributed by atoms with E-state index in [1.165, 1.54) is 31.7 Å². The molecule has 0 aliphatic heterocycles. The second-order valence-corrected chi connectivity index (χ2v) is 5.15. The van der Waals surface area contributed by atoms with Crippen LogP contribution < -0.4 is 5.32 Å². The number of hydrogen-bond acceptors (Lipinski definition) is 3. The Bertz CT molecular complexity index is 380. The average molecular weight is 267 g/mol. The summed E-state index contributed by atoms with van der Waals surface area (Å²) in [6.07, 6.45) is 4.41. The predicted octanol–water partition coefficient (Wildman–Crippen LogP) is 2.24. The molecule has 1 aliphatic rings. The monoisotopic (exact) mass is 267 g/mol. The molecule has 0 bridgehead atoms. The van der Waals surface area contributed by atoms with E-state index in [0.717, 1.165) is 0 Å². The van der Waals surface area contributed by atoms with Crippen LogP contribution in [-0.4, -0.2) is 30.4 Å². The van der Waals surface area contributed by atoms with Crippen LogP contribution in [0.25, 0.3) is 0 Å². The number of ether oxygens (including phenoxy) is 1. The highest BCUT2D eigenvalue weighted by atomic mass is 19.1. The Morgan fingerprint density at radius 3 is 2.79 bits per heavy atom. The van der Waals surface area contributed by atoms with Crippen LogP contribution in [0.2, 0.25) is 0 Å². The highest BCUT2D eigenvalue weighted by Crippen LogP contribution is 2.17. The van der Waals surface area contributed by atoms with Gasteiger partial charge < -0.3 is 15.2 Å². The summed E-state index contributed by atoms with van der Waals surface area (Å²) in [5.41, 5.74) is 0.526. The fourth-order valence-electron chi connectivity index (χ4n) is 2.41. The van der Waals surface area contributed by atoms with Crippen LogP contribution in [0, 0.1) is 5.82 Å². The Morgan fingerprint density at radius 1 is 1.32 bits per heavy atom. The molecule has 2 N–H and O–H groups in total. The van der Waals surface area contributed by atoms with Crippen LogP contribution in [0.1, 0.15) is 31.2 Å². The molecule has 1 saturated carbocycles. The van der Waals surface area contributed by atoms with E-state index in [1.807, 2.05) is 0 Å². The summed E-state index contributed by atoms with van der Waals surface area (Å²) in [5, 5.41) is 13.1. The first-order chi connectivity index (χ1) is 9.25. The summed E-state index contributed by atoms with van der Waals surface area (Å²) in [6, 6.07) is 7.08. The number of aliphatic hydroxyl groups is 1. The molecule has 0 amide bonds. The van der Waals surface area contributed by atoms with E-state index in [4.69, 9.17) is 4.74 Å². The van der Waals surface area contributed by atoms with Crippen molar-refractivity contribution in [3.05, 3.63) is 35.6 Å². The maximum Gasteiger partial charge on any atom is 0.128 e. The molecule has 1 aromatic carbocycles. The van der Waals surface area contributed by atoms with Crippen molar-refractivity contribution in [3.8, 4) is 0 Å². The molecule has 3 nitrogen and oxygen atoms in total. The van der Waals surface area contributed by atoms with E-state index in [-0.39, 0.29) is 19.0 Å². The Kier molecular flexibility index (Phi) is 5.76. The fourth-order valence-corrected chi connectivity index (χ4v) is 2.41. The molecule has 1 unspecified atom stereocenters. The third-order valence-electron chi connectivity index (χ3n) is 3.52. The number of aliphatic hydroxyl groups excluding tert-OH is 1. The molecule has 0 spiro atoms. The summed E-state index contributed by atoms with van der Waals surface area (Å²) >= 11 is 0. The van der Waals surface area contributed by atoms with E-state index < -0.39 is 6.10 Å². The van der Waals surface area contributed by atoms with Crippen LogP contribution in [0.4, 0.5) is 4.39 Å². The van der Waals surface area contributed by atoms with Crippen LogP contribution in [0.5, 0.6) is 0 Å². The van der Waals surface area contributed by atoms with Crippen LogP contribution in [0.3, 0.4) is 0 Å². The van der Waals surface area contributed by atoms with E-state index in [1.54, 1.807) is 18.2 Å². The van der Waals surface area contributed by atoms with Crippen molar-refractivity contribution in [1.82, 2.24) is 5.32 Å². The van der Waals surface area contributed by atoms with Crippen molar-refractivity contribution in [3.63, 3.8) is 0 Å². The van der Waals surface area contributed by atoms with Gasteiger partial charge in [0.1, 0.15) is 5.82 Å². The zero-order valence-electron chi connectivity index (χ0n) is 11.1. The summed E-state index contributed by atoms with van der Waals surface area (Å²) < 4.78 is 18.7. The van der Waals surface area contributed by atoms with Gasteiger partial charge in [0.25, 0.3) is 0 Å². The number of hydrogen-bond donors (Lipinski definition) is 2. The largest absolute Gasteiger partial charge is 0.389 e.